The number of hydrogen-bond donors (Lipinski definition) is 1. The van der Waals surface area contributed by atoms with Crippen molar-refractivity contribution in [2.24, 2.45) is 0 Å². The van der Waals surface area contributed by atoms with Gasteiger partial charge in [-0.15, -0.1) is 0 Å². The van der Waals surface area contributed by atoms with Crippen molar-refractivity contribution >= 4 is 22.6 Å². The summed E-state index contributed by atoms with van der Waals surface area (Å²) in [4.78, 5) is 20.5. The number of nitrogens with one attached hydrogen (secondary N) is 1. The zero-order valence-corrected chi connectivity index (χ0v) is 17.4. The van der Waals surface area contributed by atoms with Crippen molar-refractivity contribution in [1.82, 2.24) is 9.97 Å². The summed E-state index contributed by atoms with van der Waals surface area (Å²) in [7, 11) is 1.39. The highest BCUT2D eigenvalue weighted by Crippen LogP contribution is 2.37. The fraction of sp³-hybridized carbons (Fsp3) is 0.0800. The molecule has 8 heteroatoms. The normalized spacial score (nSPS) is 11.2. The number of amides is 1. The summed E-state index contributed by atoms with van der Waals surface area (Å²) >= 11 is 0. The fourth-order valence-corrected chi connectivity index (χ4v) is 3.56. The Morgan fingerprint density at radius 2 is 1.94 bits per heavy atom. The largest absolute Gasteiger partial charge is 0.416 e. The van der Waals surface area contributed by atoms with Crippen LogP contribution in [0.1, 0.15) is 11.1 Å². The summed E-state index contributed by atoms with van der Waals surface area (Å²) < 4.78 is 40.8. The summed E-state index contributed by atoms with van der Waals surface area (Å²) in [6.07, 6.45) is -0.346. The number of pyridine rings is 1. The summed E-state index contributed by atoms with van der Waals surface area (Å²) in [6, 6.07) is 14.3. The van der Waals surface area contributed by atoms with E-state index in [-0.39, 0.29) is 11.3 Å². The zero-order valence-electron chi connectivity index (χ0n) is 17.4. The standard InChI is InChI=1S/C25H17F3N4O/c1-3-23(33)32(2)20-9-17(8-19(11-20)25(26,27)28)18-10-21-22(14-31-24(21)30-13-18)16-6-4-5-15(7-16)12-29/h3-11,13-14H,1H2,2H3,(H,30,31). The second-order valence-electron chi connectivity index (χ2n) is 7.38. The highest BCUT2D eigenvalue weighted by atomic mass is 19.4. The summed E-state index contributed by atoms with van der Waals surface area (Å²) in [5.41, 5.74) is 2.51. The van der Waals surface area contributed by atoms with Crippen molar-refractivity contribution in [1.29, 1.82) is 5.26 Å². The Bertz CT molecular complexity index is 1430. The lowest BCUT2D eigenvalue weighted by Crippen LogP contribution is -2.24. The van der Waals surface area contributed by atoms with E-state index in [0.29, 0.717) is 22.2 Å². The molecular weight excluding hydrogens is 429 g/mol. The van der Waals surface area contributed by atoms with Gasteiger partial charge in [0.05, 0.1) is 17.2 Å². The molecule has 0 radical (unpaired) electrons. The maximum atomic E-state index is 13.6. The smallest absolute Gasteiger partial charge is 0.346 e. The Kier molecular flexibility index (Phi) is 5.48. The molecule has 1 N–H and O–H groups in total. The van der Waals surface area contributed by atoms with Gasteiger partial charge in [-0.1, -0.05) is 18.7 Å². The number of likely N-dealkylation sites (N-methyl/N-ethyl adjacent to an activating group) is 1. The van der Waals surface area contributed by atoms with Gasteiger partial charge >= 0.3 is 6.18 Å². The van der Waals surface area contributed by atoms with Crippen LogP contribution in [0, 0.1) is 11.3 Å². The van der Waals surface area contributed by atoms with Crippen molar-refractivity contribution in [2.45, 2.75) is 6.18 Å². The number of nitriles is 1. The van der Waals surface area contributed by atoms with Crippen LogP contribution in [0.25, 0.3) is 33.3 Å². The number of nitrogens with zero attached hydrogens (tertiary/aromatic N) is 3. The number of carbonyl (C=O) groups excluding carboxylic acids is 1. The molecule has 5 nitrogen and oxygen atoms in total. The summed E-state index contributed by atoms with van der Waals surface area (Å²) in [5.74, 6) is -0.529. The number of H-pyrrole nitrogens is 1. The van der Waals surface area contributed by atoms with Crippen LogP contribution in [-0.2, 0) is 11.0 Å². The van der Waals surface area contributed by atoms with Crippen LogP contribution in [-0.4, -0.2) is 22.9 Å². The minimum absolute atomic E-state index is 0.0841. The molecule has 164 valence electrons. The van der Waals surface area contributed by atoms with Crippen molar-refractivity contribution < 1.29 is 18.0 Å². The minimum atomic E-state index is -4.60. The zero-order chi connectivity index (χ0) is 23.8. The van der Waals surface area contributed by atoms with Gasteiger partial charge in [-0.3, -0.25) is 4.79 Å². The number of carbonyl (C=O) groups is 1. The van der Waals surface area contributed by atoms with Crippen LogP contribution in [0.3, 0.4) is 0 Å². The second-order valence-corrected chi connectivity index (χ2v) is 7.38. The van der Waals surface area contributed by atoms with Gasteiger partial charge < -0.3 is 9.88 Å². The number of fused-ring (bicyclic) bond motifs is 1. The Morgan fingerprint density at radius 3 is 2.64 bits per heavy atom. The van der Waals surface area contributed by atoms with E-state index in [1.807, 2.05) is 6.07 Å². The highest BCUT2D eigenvalue weighted by Gasteiger charge is 2.32. The molecule has 4 aromatic rings. The van der Waals surface area contributed by atoms with Gasteiger partial charge in [0.25, 0.3) is 0 Å². The van der Waals surface area contributed by atoms with Gasteiger partial charge in [-0.25, -0.2) is 4.98 Å². The summed E-state index contributed by atoms with van der Waals surface area (Å²) in [5, 5.41) is 9.88. The first-order valence-electron chi connectivity index (χ1n) is 9.81. The maximum Gasteiger partial charge on any atom is 0.416 e. The average molecular weight is 446 g/mol. The lowest BCUT2D eigenvalue weighted by molar-refractivity contribution is -0.137. The summed E-state index contributed by atoms with van der Waals surface area (Å²) in [6.45, 7) is 3.39. The highest BCUT2D eigenvalue weighted by molar-refractivity contribution is 6.01. The van der Waals surface area contributed by atoms with E-state index in [0.717, 1.165) is 34.2 Å². The third-order valence-corrected chi connectivity index (χ3v) is 5.30. The van der Waals surface area contributed by atoms with E-state index in [9.17, 15) is 23.2 Å². The third-order valence-electron chi connectivity index (χ3n) is 5.30. The van der Waals surface area contributed by atoms with Gasteiger partial charge in [-0.2, -0.15) is 18.4 Å². The average Bonchev–Trinajstić information content (AvgIpc) is 3.25. The number of halogens is 3. The third kappa shape index (κ3) is 4.21. The molecule has 2 aromatic heterocycles. The van der Waals surface area contributed by atoms with Crippen molar-refractivity contribution in [3.8, 4) is 28.3 Å². The van der Waals surface area contributed by atoms with Gasteiger partial charge in [0.15, 0.2) is 0 Å². The lowest BCUT2D eigenvalue weighted by atomic mass is 9.99. The van der Waals surface area contributed by atoms with E-state index in [4.69, 9.17) is 0 Å². The number of benzene rings is 2. The van der Waals surface area contributed by atoms with Crippen LogP contribution < -0.4 is 4.90 Å². The van der Waals surface area contributed by atoms with Crippen LogP contribution >= 0.6 is 0 Å². The topological polar surface area (TPSA) is 72.8 Å². The molecule has 2 heterocycles. The van der Waals surface area contributed by atoms with E-state index < -0.39 is 17.6 Å². The van der Waals surface area contributed by atoms with Gasteiger partial charge in [0, 0.05) is 41.6 Å². The number of aromatic nitrogens is 2. The lowest BCUT2D eigenvalue weighted by Gasteiger charge is -2.19. The molecule has 0 atom stereocenters. The first kappa shape index (κ1) is 21.8. The predicted octanol–water partition coefficient (Wildman–Crippen LogP) is 5.94. The van der Waals surface area contributed by atoms with Gasteiger partial charge in [0.1, 0.15) is 5.65 Å². The molecule has 2 aromatic carbocycles. The molecule has 0 aliphatic rings. The van der Waals surface area contributed by atoms with Gasteiger partial charge in [-0.05, 0) is 53.6 Å². The monoisotopic (exact) mass is 446 g/mol. The quantitative estimate of drug-likeness (QED) is 0.395. The molecule has 0 bridgehead atoms. The van der Waals surface area contributed by atoms with Crippen molar-refractivity contribution in [3.63, 3.8) is 0 Å². The van der Waals surface area contributed by atoms with Crippen LogP contribution in [0.15, 0.2) is 73.6 Å². The van der Waals surface area contributed by atoms with Crippen LogP contribution in [0.4, 0.5) is 18.9 Å². The fourth-order valence-electron chi connectivity index (χ4n) is 3.56. The molecule has 1 amide bonds. The number of alkyl halides is 3. The van der Waals surface area contributed by atoms with Crippen molar-refractivity contribution in [2.75, 3.05) is 11.9 Å². The molecule has 33 heavy (non-hydrogen) atoms. The van der Waals surface area contributed by atoms with Gasteiger partial charge in [0.2, 0.25) is 5.91 Å². The number of hydrogen-bond acceptors (Lipinski definition) is 3. The van der Waals surface area contributed by atoms with E-state index in [1.165, 1.54) is 19.3 Å². The first-order valence-corrected chi connectivity index (χ1v) is 9.81. The molecule has 0 aliphatic carbocycles. The molecule has 0 saturated carbocycles. The number of aromatic amines is 1. The van der Waals surface area contributed by atoms with E-state index in [2.05, 4.69) is 22.6 Å². The Morgan fingerprint density at radius 1 is 1.15 bits per heavy atom. The predicted molar refractivity (Wildman–Crippen MR) is 120 cm³/mol. The SMILES string of the molecule is C=CC(=O)N(C)c1cc(-c2cnc3[nH]cc(-c4cccc(C#N)c4)c3c2)cc(C(F)(F)F)c1. The Hall–Kier alpha value is -4.38. The molecule has 0 saturated heterocycles. The molecule has 0 unspecified atom stereocenters. The number of rotatable bonds is 4. The Balaban J connectivity index is 1.88. The molecule has 0 fully saturated rings. The second kappa shape index (κ2) is 8.28. The first-order chi connectivity index (χ1) is 15.7. The van der Waals surface area contributed by atoms with E-state index >= 15 is 0 Å². The molecular formula is C25H17F3N4O. The maximum absolute atomic E-state index is 13.6. The molecule has 0 aliphatic heterocycles. The molecule has 0 spiro atoms. The van der Waals surface area contributed by atoms with Crippen molar-refractivity contribution in [3.05, 3.63) is 84.7 Å². The van der Waals surface area contributed by atoms with E-state index in [1.54, 1.807) is 30.5 Å². The van der Waals surface area contributed by atoms with Crippen LogP contribution in [0.2, 0.25) is 0 Å². The number of anilines is 1. The van der Waals surface area contributed by atoms with Crippen LogP contribution in [0.5, 0.6) is 0 Å². The Labute approximate surface area is 187 Å². The molecule has 4 rings (SSSR count). The minimum Gasteiger partial charge on any atom is -0.346 e.